The molecule has 0 heterocycles. The number of rotatable bonds is 0. The van der Waals surface area contributed by atoms with Crippen LogP contribution >= 0.6 is 0 Å². The molecule has 0 aliphatic rings. The molecule has 0 radical (unpaired) electrons. The molecule has 0 saturated heterocycles. The van der Waals surface area contributed by atoms with Gasteiger partial charge in [-0.25, -0.2) is 0 Å². The Morgan fingerprint density at radius 3 is 0.571 bits per heavy atom. The van der Waals surface area contributed by atoms with E-state index in [1.807, 2.05) is 13.8 Å². The third kappa shape index (κ3) is 6730. The quantitative estimate of drug-likeness (QED) is 0.249. The molecule has 132 valence electrons. The van der Waals surface area contributed by atoms with Gasteiger partial charge in [0, 0.05) is 0 Å². The van der Waals surface area contributed by atoms with Crippen molar-refractivity contribution in [1.29, 1.82) is 0 Å². The van der Waals surface area contributed by atoms with Crippen LogP contribution in [0.1, 0.15) is 13.8 Å². The van der Waals surface area contributed by atoms with Crippen molar-refractivity contribution in [3.63, 3.8) is 0 Å². The second-order valence-corrected chi connectivity index (χ2v) is 4.85. The number of allylic oxidation sites excluding steroid dienone is 2. The van der Waals surface area contributed by atoms with E-state index >= 15 is 0 Å². The smallest absolute Gasteiger partial charge is 0.264 e. The maximum atomic E-state index is 8.74. The molecule has 0 aromatic rings. The SMILES string of the molecule is C=CC.C=CC.O=S(=O)(O)O.O=S(=O)(O)O.O=S(=O)(O)O. The van der Waals surface area contributed by atoms with E-state index in [9.17, 15) is 0 Å². The normalized spacial score (nSPS) is 9.52. The molecule has 0 unspecified atom stereocenters. The summed E-state index contributed by atoms with van der Waals surface area (Å²) < 4.78 is 94.8. The minimum Gasteiger partial charge on any atom is -0.264 e. The molecular weight excluding hydrogens is 360 g/mol. The molecule has 0 fully saturated rings. The van der Waals surface area contributed by atoms with Gasteiger partial charge >= 0.3 is 31.2 Å². The summed E-state index contributed by atoms with van der Waals surface area (Å²) in [4.78, 5) is 0. The first-order valence-electron chi connectivity index (χ1n) is 4.07. The zero-order valence-corrected chi connectivity index (χ0v) is 13.4. The summed E-state index contributed by atoms with van der Waals surface area (Å²) >= 11 is 0. The predicted octanol–water partition coefficient (Wildman–Crippen LogP) is 0.426. The highest BCUT2D eigenvalue weighted by Gasteiger charge is 1.85. The number of hydrogen-bond acceptors (Lipinski definition) is 6. The fourth-order valence-electron chi connectivity index (χ4n) is 0. The first-order valence-corrected chi connectivity index (χ1v) is 8.26. The molecule has 0 spiro atoms. The highest BCUT2D eigenvalue weighted by Crippen LogP contribution is 1.60. The van der Waals surface area contributed by atoms with Gasteiger partial charge in [-0.05, 0) is 13.8 Å². The Hall–Kier alpha value is -0.910. The molecule has 6 N–H and O–H groups in total. The highest BCUT2D eigenvalue weighted by molar-refractivity contribution is 7.80. The average molecular weight is 378 g/mol. The third-order valence-electron chi connectivity index (χ3n) is 0. The minimum absolute atomic E-state index is 1.75. The second-order valence-electron chi connectivity index (χ2n) is 2.16. The molecule has 0 aromatic heterocycles. The average Bonchev–Trinajstić information content (AvgIpc) is 1.93. The monoisotopic (exact) mass is 378 g/mol. The lowest BCUT2D eigenvalue weighted by atomic mass is 10.8. The van der Waals surface area contributed by atoms with Crippen LogP contribution < -0.4 is 0 Å². The Labute approximate surface area is 123 Å². The van der Waals surface area contributed by atoms with Crippen LogP contribution in [-0.2, 0) is 31.2 Å². The van der Waals surface area contributed by atoms with Gasteiger partial charge in [-0.1, -0.05) is 12.2 Å². The molecule has 21 heavy (non-hydrogen) atoms. The van der Waals surface area contributed by atoms with Gasteiger partial charge in [0.25, 0.3) is 0 Å². The van der Waals surface area contributed by atoms with Crippen LogP contribution in [0.5, 0.6) is 0 Å². The summed E-state index contributed by atoms with van der Waals surface area (Å²) in [5.41, 5.74) is 0. The minimum atomic E-state index is -4.67. The van der Waals surface area contributed by atoms with E-state index < -0.39 is 31.2 Å². The molecule has 0 aromatic carbocycles. The first-order chi connectivity index (χ1) is 8.83. The summed E-state index contributed by atoms with van der Waals surface area (Å²) in [6.07, 6.45) is 3.50. The summed E-state index contributed by atoms with van der Waals surface area (Å²) in [5, 5.41) is 0. The van der Waals surface area contributed by atoms with Crippen LogP contribution in [0, 0.1) is 0 Å². The van der Waals surface area contributed by atoms with E-state index in [4.69, 9.17) is 52.6 Å². The zero-order valence-electron chi connectivity index (χ0n) is 10.9. The van der Waals surface area contributed by atoms with Crippen molar-refractivity contribution in [3.8, 4) is 0 Å². The largest absolute Gasteiger partial charge is 0.394 e. The Balaban J connectivity index is -0.0000000519. The van der Waals surface area contributed by atoms with Crippen LogP contribution in [0.4, 0.5) is 0 Å². The van der Waals surface area contributed by atoms with E-state index in [0.717, 1.165) is 0 Å². The second kappa shape index (κ2) is 17.1. The van der Waals surface area contributed by atoms with E-state index in [1.54, 1.807) is 12.2 Å². The molecular formula is C6H18O12S3. The molecule has 0 bridgehead atoms. The standard InChI is InChI=1S/2C3H6.3H2O4S/c2*1-3-2;3*1-5(2,3)4/h2*3H,1H2,2H3;3*(H2,1,2,3,4). The van der Waals surface area contributed by atoms with Crippen LogP contribution in [-0.4, -0.2) is 52.6 Å². The van der Waals surface area contributed by atoms with Crippen LogP contribution in [0.25, 0.3) is 0 Å². The lowest BCUT2D eigenvalue weighted by Crippen LogP contribution is -1.89. The van der Waals surface area contributed by atoms with Gasteiger partial charge in [0.2, 0.25) is 0 Å². The fraction of sp³-hybridized carbons (Fsp3) is 0.333. The van der Waals surface area contributed by atoms with Crippen LogP contribution in [0.2, 0.25) is 0 Å². The topological polar surface area (TPSA) is 224 Å². The Morgan fingerprint density at radius 1 is 0.571 bits per heavy atom. The maximum Gasteiger partial charge on any atom is 0.394 e. The van der Waals surface area contributed by atoms with Gasteiger partial charge in [-0.15, -0.1) is 13.2 Å². The van der Waals surface area contributed by atoms with Gasteiger partial charge in [-0.2, -0.15) is 25.3 Å². The van der Waals surface area contributed by atoms with Crippen molar-refractivity contribution in [3.05, 3.63) is 25.3 Å². The molecule has 0 rings (SSSR count). The molecule has 0 saturated carbocycles. The summed E-state index contributed by atoms with van der Waals surface area (Å²) in [5.74, 6) is 0. The van der Waals surface area contributed by atoms with Gasteiger partial charge in [0.05, 0.1) is 0 Å². The van der Waals surface area contributed by atoms with E-state index in [1.165, 1.54) is 0 Å². The third-order valence-corrected chi connectivity index (χ3v) is 0. The summed E-state index contributed by atoms with van der Waals surface area (Å²) in [7, 11) is -14.0. The van der Waals surface area contributed by atoms with Gasteiger partial charge in [0.15, 0.2) is 0 Å². The van der Waals surface area contributed by atoms with E-state index in [2.05, 4.69) is 13.2 Å². The van der Waals surface area contributed by atoms with E-state index in [-0.39, 0.29) is 0 Å². The predicted molar refractivity (Wildman–Crippen MR) is 74.3 cm³/mol. The molecule has 0 aliphatic carbocycles. The Kier molecular flexibility index (Phi) is 26.2. The van der Waals surface area contributed by atoms with Crippen LogP contribution in [0.15, 0.2) is 25.3 Å². The van der Waals surface area contributed by atoms with Crippen molar-refractivity contribution < 1.29 is 52.6 Å². The highest BCUT2D eigenvalue weighted by atomic mass is 32.3. The van der Waals surface area contributed by atoms with Gasteiger partial charge < -0.3 is 0 Å². The van der Waals surface area contributed by atoms with Crippen molar-refractivity contribution >= 4 is 31.2 Å². The van der Waals surface area contributed by atoms with Crippen molar-refractivity contribution in [2.24, 2.45) is 0 Å². The van der Waals surface area contributed by atoms with Gasteiger partial charge in [-0.3, -0.25) is 27.3 Å². The molecule has 12 nitrogen and oxygen atoms in total. The lowest BCUT2D eigenvalue weighted by molar-refractivity contribution is 0.378. The van der Waals surface area contributed by atoms with Crippen molar-refractivity contribution in [1.82, 2.24) is 0 Å². The zero-order chi connectivity index (χ0) is 18.9. The first kappa shape index (κ1) is 32.2. The van der Waals surface area contributed by atoms with Gasteiger partial charge in [0.1, 0.15) is 0 Å². The number of hydrogen-bond donors (Lipinski definition) is 6. The Bertz CT molecular complexity index is 424. The fourth-order valence-corrected chi connectivity index (χ4v) is 0. The molecule has 0 amide bonds. The molecule has 0 atom stereocenters. The Morgan fingerprint density at radius 2 is 0.571 bits per heavy atom. The maximum absolute atomic E-state index is 8.74. The molecule has 0 aliphatic heterocycles. The van der Waals surface area contributed by atoms with Crippen LogP contribution in [0.3, 0.4) is 0 Å². The van der Waals surface area contributed by atoms with Crippen molar-refractivity contribution in [2.45, 2.75) is 13.8 Å². The molecule has 15 heteroatoms. The van der Waals surface area contributed by atoms with E-state index in [0.29, 0.717) is 0 Å². The summed E-state index contributed by atoms with van der Waals surface area (Å²) in [6.45, 7) is 10.5. The lowest BCUT2D eigenvalue weighted by Gasteiger charge is -1.68. The summed E-state index contributed by atoms with van der Waals surface area (Å²) in [6, 6.07) is 0. The van der Waals surface area contributed by atoms with Crippen molar-refractivity contribution in [2.75, 3.05) is 0 Å².